The molecule has 2 aromatic heterocycles. The lowest BCUT2D eigenvalue weighted by molar-refractivity contribution is 0.271. The smallest absolute Gasteiger partial charge is 0.187 e. The Bertz CT molecular complexity index is 960. The van der Waals surface area contributed by atoms with Crippen LogP contribution in [0.25, 0.3) is 22.2 Å². The second-order valence-electron chi connectivity index (χ2n) is 5.22. The molecule has 2 heterocycles. The standard InChI is InChI=1S/C17H15N5OS/c1-23-22-13-4-2-11(3-5-13)16-10-24-17(20-16)19-14-6-7-15-12(8-14)9-18-21-15/h2-10,22H,1H3,(H,18,21)(H,19,20). The molecule has 7 heteroatoms. The summed E-state index contributed by atoms with van der Waals surface area (Å²) in [7, 11) is 1.59. The lowest BCUT2D eigenvalue weighted by Gasteiger charge is -2.04. The van der Waals surface area contributed by atoms with Gasteiger partial charge in [-0.15, -0.1) is 11.3 Å². The maximum Gasteiger partial charge on any atom is 0.187 e. The predicted molar refractivity (Wildman–Crippen MR) is 97.6 cm³/mol. The van der Waals surface area contributed by atoms with Gasteiger partial charge >= 0.3 is 0 Å². The normalized spacial score (nSPS) is 10.9. The zero-order valence-corrected chi connectivity index (χ0v) is 13.7. The van der Waals surface area contributed by atoms with Gasteiger partial charge < -0.3 is 5.32 Å². The zero-order chi connectivity index (χ0) is 16.4. The van der Waals surface area contributed by atoms with Crippen LogP contribution in [0.3, 0.4) is 0 Å². The van der Waals surface area contributed by atoms with Crippen LogP contribution in [0.5, 0.6) is 0 Å². The van der Waals surface area contributed by atoms with E-state index in [-0.39, 0.29) is 0 Å². The summed E-state index contributed by atoms with van der Waals surface area (Å²) in [6, 6.07) is 14.0. The summed E-state index contributed by atoms with van der Waals surface area (Å²) in [6.07, 6.45) is 1.81. The molecule has 0 unspecified atom stereocenters. The van der Waals surface area contributed by atoms with Crippen molar-refractivity contribution in [1.82, 2.24) is 15.2 Å². The molecule has 6 nitrogen and oxygen atoms in total. The SMILES string of the molecule is CONc1ccc(-c2csc(Nc3ccc4[nH]ncc4c3)n2)cc1. The fraction of sp³-hybridized carbons (Fsp3) is 0.0588. The average molecular weight is 337 g/mol. The van der Waals surface area contributed by atoms with Crippen molar-refractivity contribution in [2.45, 2.75) is 0 Å². The molecule has 24 heavy (non-hydrogen) atoms. The van der Waals surface area contributed by atoms with Crippen molar-refractivity contribution < 1.29 is 4.84 Å². The van der Waals surface area contributed by atoms with Gasteiger partial charge in [0.05, 0.1) is 30.2 Å². The Labute approximate surface area is 142 Å². The highest BCUT2D eigenvalue weighted by atomic mass is 32.1. The highest BCUT2D eigenvalue weighted by Gasteiger charge is 2.06. The Morgan fingerprint density at radius 3 is 2.75 bits per heavy atom. The minimum atomic E-state index is 0.854. The summed E-state index contributed by atoms with van der Waals surface area (Å²) in [4.78, 5) is 9.54. The third kappa shape index (κ3) is 2.94. The first-order valence-corrected chi connectivity index (χ1v) is 8.25. The maximum absolute atomic E-state index is 4.89. The van der Waals surface area contributed by atoms with E-state index in [2.05, 4.69) is 26.0 Å². The van der Waals surface area contributed by atoms with Crippen LogP contribution in [0.15, 0.2) is 54.0 Å². The second kappa shape index (κ2) is 6.31. The summed E-state index contributed by atoms with van der Waals surface area (Å²) in [5, 5.41) is 14.3. The lowest BCUT2D eigenvalue weighted by atomic mass is 10.1. The average Bonchev–Trinajstić information content (AvgIpc) is 3.25. The van der Waals surface area contributed by atoms with Crippen LogP contribution in [0.1, 0.15) is 0 Å². The molecule has 0 saturated carbocycles. The molecule has 0 saturated heterocycles. The third-order valence-corrected chi connectivity index (χ3v) is 4.35. The van der Waals surface area contributed by atoms with Gasteiger partial charge in [-0.25, -0.2) is 4.98 Å². The van der Waals surface area contributed by atoms with Crippen molar-refractivity contribution >= 4 is 38.7 Å². The summed E-state index contributed by atoms with van der Waals surface area (Å²) >= 11 is 1.58. The van der Waals surface area contributed by atoms with E-state index in [0.29, 0.717) is 0 Å². The number of rotatable bonds is 5. The first-order valence-electron chi connectivity index (χ1n) is 7.37. The number of hydrogen-bond acceptors (Lipinski definition) is 6. The van der Waals surface area contributed by atoms with Gasteiger partial charge in [0.1, 0.15) is 0 Å². The summed E-state index contributed by atoms with van der Waals surface area (Å²) in [5.41, 5.74) is 7.72. The number of fused-ring (bicyclic) bond motifs is 1. The molecule has 0 fully saturated rings. The van der Waals surface area contributed by atoms with E-state index < -0.39 is 0 Å². The topological polar surface area (TPSA) is 74.9 Å². The minimum Gasteiger partial charge on any atom is -0.332 e. The number of nitrogens with zero attached hydrogens (tertiary/aromatic N) is 2. The van der Waals surface area contributed by atoms with Crippen LogP contribution in [-0.4, -0.2) is 22.3 Å². The number of nitrogens with one attached hydrogen (secondary N) is 3. The lowest BCUT2D eigenvalue weighted by Crippen LogP contribution is -1.94. The van der Waals surface area contributed by atoms with Crippen LogP contribution in [0.2, 0.25) is 0 Å². The summed E-state index contributed by atoms with van der Waals surface area (Å²) in [6.45, 7) is 0. The van der Waals surface area contributed by atoms with Crippen LogP contribution < -0.4 is 10.8 Å². The van der Waals surface area contributed by atoms with E-state index in [9.17, 15) is 0 Å². The number of H-pyrrole nitrogens is 1. The van der Waals surface area contributed by atoms with Crippen LogP contribution >= 0.6 is 11.3 Å². The van der Waals surface area contributed by atoms with E-state index >= 15 is 0 Å². The Hall–Kier alpha value is -2.90. The molecule has 0 aliphatic rings. The molecule has 0 aliphatic heterocycles. The van der Waals surface area contributed by atoms with Gasteiger partial charge in [-0.1, -0.05) is 12.1 Å². The molecular weight excluding hydrogens is 322 g/mol. The minimum absolute atomic E-state index is 0.854. The van der Waals surface area contributed by atoms with E-state index in [1.807, 2.05) is 54.0 Å². The maximum atomic E-state index is 4.89. The van der Waals surface area contributed by atoms with Crippen molar-refractivity contribution in [2.24, 2.45) is 0 Å². The zero-order valence-electron chi connectivity index (χ0n) is 12.9. The van der Waals surface area contributed by atoms with E-state index in [1.54, 1.807) is 18.4 Å². The van der Waals surface area contributed by atoms with Crippen molar-refractivity contribution in [3.05, 3.63) is 54.0 Å². The highest BCUT2D eigenvalue weighted by Crippen LogP contribution is 2.28. The van der Waals surface area contributed by atoms with Crippen molar-refractivity contribution in [3.8, 4) is 11.3 Å². The molecule has 0 amide bonds. The number of aromatic nitrogens is 3. The first-order chi connectivity index (χ1) is 11.8. The molecule has 4 rings (SSSR count). The van der Waals surface area contributed by atoms with Crippen molar-refractivity contribution in [2.75, 3.05) is 17.9 Å². The molecule has 2 aromatic carbocycles. The van der Waals surface area contributed by atoms with Crippen LogP contribution in [-0.2, 0) is 4.84 Å². The van der Waals surface area contributed by atoms with E-state index in [1.165, 1.54) is 0 Å². The van der Waals surface area contributed by atoms with Gasteiger partial charge in [0.15, 0.2) is 5.13 Å². The number of hydrogen-bond donors (Lipinski definition) is 3. The molecule has 0 bridgehead atoms. The third-order valence-electron chi connectivity index (χ3n) is 3.60. The van der Waals surface area contributed by atoms with Gasteiger partial charge in [0.2, 0.25) is 0 Å². The molecule has 0 atom stereocenters. The van der Waals surface area contributed by atoms with E-state index in [0.717, 1.165) is 38.7 Å². The fourth-order valence-corrected chi connectivity index (χ4v) is 3.17. The van der Waals surface area contributed by atoms with Gasteiger partial charge in [0.25, 0.3) is 0 Å². The van der Waals surface area contributed by atoms with Gasteiger partial charge in [-0.3, -0.25) is 15.4 Å². The monoisotopic (exact) mass is 337 g/mol. The molecular formula is C17H15N5OS. The molecule has 120 valence electrons. The van der Waals surface area contributed by atoms with Crippen molar-refractivity contribution in [1.29, 1.82) is 0 Å². The van der Waals surface area contributed by atoms with Gasteiger partial charge in [-0.05, 0) is 30.3 Å². The number of benzene rings is 2. The molecule has 3 N–H and O–H groups in total. The predicted octanol–water partition coefficient (Wildman–Crippen LogP) is 4.40. The first kappa shape index (κ1) is 14.7. The summed E-state index contributed by atoms with van der Waals surface area (Å²) in [5.74, 6) is 0. The van der Waals surface area contributed by atoms with Gasteiger partial charge in [-0.2, -0.15) is 5.10 Å². The Morgan fingerprint density at radius 1 is 1.08 bits per heavy atom. The Kier molecular flexibility index (Phi) is 3.86. The molecule has 0 radical (unpaired) electrons. The Morgan fingerprint density at radius 2 is 1.92 bits per heavy atom. The van der Waals surface area contributed by atoms with E-state index in [4.69, 9.17) is 4.84 Å². The number of anilines is 3. The Balaban J connectivity index is 1.53. The van der Waals surface area contributed by atoms with Crippen molar-refractivity contribution in [3.63, 3.8) is 0 Å². The summed E-state index contributed by atoms with van der Waals surface area (Å²) < 4.78 is 0. The largest absolute Gasteiger partial charge is 0.332 e. The number of aromatic amines is 1. The quantitative estimate of drug-likeness (QED) is 0.471. The molecule has 0 aliphatic carbocycles. The number of thiazole rings is 1. The molecule has 4 aromatic rings. The van der Waals surface area contributed by atoms with Crippen LogP contribution in [0.4, 0.5) is 16.5 Å². The van der Waals surface area contributed by atoms with Crippen LogP contribution in [0, 0.1) is 0 Å². The van der Waals surface area contributed by atoms with Gasteiger partial charge in [0, 0.05) is 22.0 Å². The fourth-order valence-electron chi connectivity index (χ4n) is 2.43. The highest BCUT2D eigenvalue weighted by molar-refractivity contribution is 7.14. The second-order valence-corrected chi connectivity index (χ2v) is 6.08. The molecule has 0 spiro atoms.